The van der Waals surface area contributed by atoms with Gasteiger partial charge in [-0.25, -0.2) is 0 Å². The Morgan fingerprint density at radius 3 is 2.53 bits per heavy atom. The van der Waals surface area contributed by atoms with Crippen molar-refractivity contribution in [3.05, 3.63) is 35.9 Å². The maximum absolute atomic E-state index is 3.49. The third kappa shape index (κ3) is 3.08. The van der Waals surface area contributed by atoms with Crippen LogP contribution in [0.5, 0.6) is 0 Å². The van der Waals surface area contributed by atoms with Crippen LogP contribution in [0, 0.1) is 0 Å². The molecule has 1 saturated carbocycles. The highest BCUT2D eigenvalue weighted by Gasteiger charge is 2.27. The van der Waals surface area contributed by atoms with Gasteiger partial charge < -0.3 is 5.32 Å². The molecule has 1 aliphatic rings. The lowest BCUT2D eigenvalue weighted by Crippen LogP contribution is -2.43. The summed E-state index contributed by atoms with van der Waals surface area (Å²) in [6, 6.07) is 12.2. The normalized spacial score (nSPS) is 18.1. The van der Waals surface area contributed by atoms with Crippen LogP contribution in [0.25, 0.3) is 0 Å². The minimum absolute atomic E-state index is 0.515. The van der Waals surface area contributed by atoms with Gasteiger partial charge in [0.25, 0.3) is 0 Å². The minimum atomic E-state index is 0.515. The average molecular weight is 232 g/mol. The number of nitrogens with zero attached hydrogens (tertiary/aromatic N) is 1. The van der Waals surface area contributed by atoms with Crippen LogP contribution in [0.4, 0.5) is 0 Å². The topological polar surface area (TPSA) is 15.3 Å². The van der Waals surface area contributed by atoms with Gasteiger partial charge in [-0.05, 0) is 32.0 Å². The van der Waals surface area contributed by atoms with Crippen LogP contribution < -0.4 is 5.32 Å². The molecule has 0 saturated heterocycles. The van der Waals surface area contributed by atoms with Crippen molar-refractivity contribution in [2.24, 2.45) is 0 Å². The van der Waals surface area contributed by atoms with Crippen LogP contribution in [0.3, 0.4) is 0 Å². The molecular weight excluding hydrogens is 208 g/mol. The van der Waals surface area contributed by atoms with Gasteiger partial charge in [-0.2, -0.15) is 0 Å². The first-order valence-electron chi connectivity index (χ1n) is 6.80. The molecule has 17 heavy (non-hydrogen) atoms. The van der Waals surface area contributed by atoms with Gasteiger partial charge in [0.2, 0.25) is 0 Å². The standard InChI is InChI=1S/C15H24N2/c1-3-16-12-15(13-8-5-4-6-9-13)17(2)14-10-7-11-14/h4-6,8-9,14-16H,3,7,10-12H2,1-2H3. The molecule has 1 fully saturated rings. The van der Waals surface area contributed by atoms with Crippen molar-refractivity contribution < 1.29 is 0 Å². The lowest BCUT2D eigenvalue weighted by atomic mass is 9.89. The number of nitrogens with one attached hydrogen (secondary N) is 1. The number of hydrogen-bond donors (Lipinski definition) is 1. The third-order valence-corrected chi connectivity index (χ3v) is 3.91. The molecule has 1 N–H and O–H groups in total. The number of rotatable bonds is 6. The summed E-state index contributed by atoms with van der Waals surface area (Å²) in [4.78, 5) is 2.56. The Kier molecular flexibility index (Phi) is 4.57. The summed E-state index contributed by atoms with van der Waals surface area (Å²) in [6.45, 7) is 4.26. The van der Waals surface area contributed by atoms with Crippen molar-refractivity contribution in [3.8, 4) is 0 Å². The summed E-state index contributed by atoms with van der Waals surface area (Å²) in [5, 5.41) is 3.49. The highest BCUT2D eigenvalue weighted by atomic mass is 15.2. The zero-order valence-corrected chi connectivity index (χ0v) is 11.0. The van der Waals surface area contributed by atoms with Crippen molar-refractivity contribution in [3.63, 3.8) is 0 Å². The van der Waals surface area contributed by atoms with E-state index in [4.69, 9.17) is 0 Å². The summed E-state index contributed by atoms with van der Waals surface area (Å²) in [7, 11) is 2.28. The maximum Gasteiger partial charge on any atom is 0.0472 e. The Balaban J connectivity index is 2.06. The third-order valence-electron chi connectivity index (χ3n) is 3.91. The van der Waals surface area contributed by atoms with Gasteiger partial charge in [0, 0.05) is 18.6 Å². The van der Waals surface area contributed by atoms with Crippen LogP contribution >= 0.6 is 0 Å². The van der Waals surface area contributed by atoms with Crippen LogP contribution in [0.1, 0.15) is 37.8 Å². The Morgan fingerprint density at radius 2 is 2.00 bits per heavy atom. The molecule has 1 aliphatic carbocycles. The molecule has 1 aromatic rings. The molecule has 2 rings (SSSR count). The number of likely N-dealkylation sites (N-methyl/N-ethyl adjacent to an activating group) is 2. The first-order chi connectivity index (χ1) is 8.33. The van der Waals surface area contributed by atoms with E-state index in [0.717, 1.165) is 19.1 Å². The zero-order valence-electron chi connectivity index (χ0n) is 11.0. The Labute approximate surface area is 105 Å². The Hall–Kier alpha value is -0.860. The highest BCUT2D eigenvalue weighted by molar-refractivity contribution is 5.19. The molecule has 94 valence electrons. The monoisotopic (exact) mass is 232 g/mol. The van der Waals surface area contributed by atoms with E-state index < -0.39 is 0 Å². The van der Waals surface area contributed by atoms with Crippen LogP contribution in [-0.2, 0) is 0 Å². The van der Waals surface area contributed by atoms with Gasteiger partial charge in [0.1, 0.15) is 0 Å². The van der Waals surface area contributed by atoms with E-state index in [0.29, 0.717) is 6.04 Å². The fraction of sp³-hybridized carbons (Fsp3) is 0.600. The Bertz CT molecular complexity index is 319. The fourth-order valence-corrected chi connectivity index (χ4v) is 2.50. The van der Waals surface area contributed by atoms with E-state index in [2.05, 4.69) is 54.5 Å². The quantitative estimate of drug-likeness (QED) is 0.811. The Morgan fingerprint density at radius 1 is 1.29 bits per heavy atom. The zero-order chi connectivity index (χ0) is 12.1. The van der Waals surface area contributed by atoms with E-state index in [-0.39, 0.29) is 0 Å². The molecule has 1 unspecified atom stereocenters. The van der Waals surface area contributed by atoms with Gasteiger partial charge in [-0.1, -0.05) is 43.7 Å². The molecule has 0 aliphatic heterocycles. The number of hydrogen-bond acceptors (Lipinski definition) is 2. The first-order valence-corrected chi connectivity index (χ1v) is 6.80. The van der Waals surface area contributed by atoms with Crippen LogP contribution in [-0.4, -0.2) is 31.1 Å². The SMILES string of the molecule is CCNCC(c1ccccc1)N(C)C1CCC1. The second-order valence-electron chi connectivity index (χ2n) is 4.98. The number of benzene rings is 1. The van der Waals surface area contributed by atoms with E-state index in [9.17, 15) is 0 Å². The van der Waals surface area contributed by atoms with E-state index in [1.807, 2.05) is 0 Å². The summed E-state index contributed by atoms with van der Waals surface area (Å²) in [5.41, 5.74) is 1.43. The van der Waals surface area contributed by atoms with Crippen molar-refractivity contribution in [2.75, 3.05) is 20.1 Å². The summed E-state index contributed by atoms with van der Waals surface area (Å²) >= 11 is 0. The molecule has 0 bridgehead atoms. The molecule has 1 aromatic carbocycles. The van der Waals surface area contributed by atoms with Gasteiger partial charge in [0.15, 0.2) is 0 Å². The molecule has 0 amide bonds. The summed E-state index contributed by atoms with van der Waals surface area (Å²) < 4.78 is 0. The fourth-order valence-electron chi connectivity index (χ4n) is 2.50. The van der Waals surface area contributed by atoms with Crippen molar-refractivity contribution >= 4 is 0 Å². The maximum atomic E-state index is 3.49. The van der Waals surface area contributed by atoms with E-state index in [1.165, 1.54) is 24.8 Å². The highest BCUT2D eigenvalue weighted by Crippen LogP contribution is 2.30. The second kappa shape index (κ2) is 6.18. The van der Waals surface area contributed by atoms with E-state index >= 15 is 0 Å². The van der Waals surface area contributed by atoms with Crippen molar-refractivity contribution in [1.82, 2.24) is 10.2 Å². The summed E-state index contributed by atoms with van der Waals surface area (Å²) in [5.74, 6) is 0. The largest absolute Gasteiger partial charge is 0.315 e. The first kappa shape index (κ1) is 12.6. The van der Waals surface area contributed by atoms with Gasteiger partial charge in [0.05, 0.1) is 0 Å². The van der Waals surface area contributed by atoms with E-state index in [1.54, 1.807) is 0 Å². The van der Waals surface area contributed by atoms with Crippen LogP contribution in [0.2, 0.25) is 0 Å². The second-order valence-corrected chi connectivity index (χ2v) is 4.98. The molecule has 0 spiro atoms. The lowest BCUT2D eigenvalue weighted by molar-refractivity contribution is 0.109. The average Bonchev–Trinajstić information content (AvgIpc) is 2.29. The molecule has 1 atom stereocenters. The van der Waals surface area contributed by atoms with Crippen LogP contribution in [0.15, 0.2) is 30.3 Å². The smallest absolute Gasteiger partial charge is 0.0472 e. The molecular formula is C15H24N2. The van der Waals surface area contributed by atoms with Gasteiger partial charge in [-0.15, -0.1) is 0 Å². The molecule has 0 aromatic heterocycles. The van der Waals surface area contributed by atoms with Gasteiger partial charge >= 0.3 is 0 Å². The molecule has 0 heterocycles. The minimum Gasteiger partial charge on any atom is -0.315 e. The van der Waals surface area contributed by atoms with Crippen molar-refractivity contribution in [2.45, 2.75) is 38.3 Å². The molecule has 0 radical (unpaired) electrons. The predicted molar refractivity (Wildman–Crippen MR) is 73.1 cm³/mol. The van der Waals surface area contributed by atoms with Gasteiger partial charge in [-0.3, -0.25) is 4.90 Å². The summed E-state index contributed by atoms with van der Waals surface area (Å²) in [6.07, 6.45) is 4.13. The predicted octanol–water partition coefficient (Wildman–Crippen LogP) is 2.82. The molecule has 2 nitrogen and oxygen atoms in total. The lowest BCUT2D eigenvalue weighted by Gasteiger charge is -2.40. The van der Waals surface area contributed by atoms with Crippen molar-refractivity contribution in [1.29, 1.82) is 0 Å². The molecule has 2 heteroatoms.